The van der Waals surface area contributed by atoms with Crippen molar-refractivity contribution in [3.8, 4) is 0 Å². The van der Waals surface area contributed by atoms with E-state index in [1.165, 1.54) is 7.05 Å². The normalized spacial score (nSPS) is 9.75. The van der Waals surface area contributed by atoms with Gasteiger partial charge in [-0.2, -0.15) is 0 Å². The summed E-state index contributed by atoms with van der Waals surface area (Å²) in [6, 6.07) is 5.14. The van der Waals surface area contributed by atoms with Gasteiger partial charge in [-0.25, -0.2) is 9.36 Å². The number of fused-ring (bicyclic) bond motifs is 1. The molecule has 0 aliphatic carbocycles. The fraction of sp³-hybridized carbons (Fsp3) is 0.333. The van der Waals surface area contributed by atoms with E-state index in [9.17, 15) is 9.59 Å². The van der Waals surface area contributed by atoms with Crippen LogP contribution in [0.5, 0.6) is 0 Å². The summed E-state index contributed by atoms with van der Waals surface area (Å²) < 4.78 is 5.90. The van der Waals surface area contributed by atoms with E-state index in [4.69, 9.17) is 4.42 Å². The fourth-order valence-corrected chi connectivity index (χ4v) is 1.33. The second-order valence-corrected chi connectivity index (χ2v) is 3.23. The van der Waals surface area contributed by atoms with E-state index in [1.807, 2.05) is 20.8 Å². The zero-order valence-electron chi connectivity index (χ0n) is 9.90. The van der Waals surface area contributed by atoms with Gasteiger partial charge in [0.2, 0.25) is 0 Å². The lowest BCUT2D eigenvalue weighted by atomic mass is 10.2. The largest absolute Gasteiger partial charge is 0.422 e. The lowest BCUT2D eigenvalue weighted by Crippen LogP contribution is -2.29. The third kappa shape index (κ3) is 2.05. The zero-order chi connectivity index (χ0) is 12.3. The van der Waals surface area contributed by atoms with E-state index in [2.05, 4.69) is 0 Å². The van der Waals surface area contributed by atoms with Crippen LogP contribution in [0.15, 0.2) is 32.2 Å². The monoisotopic (exact) mass is 221 g/mol. The molecule has 0 aliphatic heterocycles. The molecule has 0 aliphatic rings. The van der Waals surface area contributed by atoms with Crippen LogP contribution in [0, 0.1) is 6.92 Å². The van der Waals surface area contributed by atoms with Crippen LogP contribution in [0.3, 0.4) is 0 Å². The second-order valence-electron chi connectivity index (χ2n) is 3.23. The molecule has 2 rings (SSSR count). The first-order chi connectivity index (χ1) is 7.59. The van der Waals surface area contributed by atoms with Crippen molar-refractivity contribution in [3.63, 3.8) is 0 Å². The van der Waals surface area contributed by atoms with Crippen molar-refractivity contribution in [2.45, 2.75) is 20.8 Å². The van der Waals surface area contributed by atoms with Crippen molar-refractivity contribution >= 4 is 11.0 Å². The van der Waals surface area contributed by atoms with Crippen LogP contribution < -0.4 is 11.3 Å². The molecule has 0 radical (unpaired) electrons. The molecule has 0 spiro atoms. The van der Waals surface area contributed by atoms with Gasteiger partial charge in [-0.15, -0.1) is 0 Å². The summed E-state index contributed by atoms with van der Waals surface area (Å²) in [6.07, 6.45) is 0. The van der Waals surface area contributed by atoms with E-state index in [0.717, 1.165) is 10.1 Å². The van der Waals surface area contributed by atoms with Crippen molar-refractivity contribution in [3.05, 3.63) is 44.7 Å². The molecule has 0 saturated carbocycles. The Morgan fingerprint density at radius 1 is 1.19 bits per heavy atom. The maximum Gasteiger partial charge on any atom is 0.422 e. The highest BCUT2D eigenvalue weighted by Crippen LogP contribution is 2.09. The molecule has 0 saturated heterocycles. The minimum Gasteiger partial charge on any atom is -0.409 e. The van der Waals surface area contributed by atoms with Gasteiger partial charge >= 0.3 is 5.76 Å². The molecule has 16 heavy (non-hydrogen) atoms. The number of hydrogen-bond acceptors (Lipinski definition) is 3. The first kappa shape index (κ1) is 12.2. The van der Waals surface area contributed by atoms with Crippen LogP contribution >= 0.6 is 0 Å². The average molecular weight is 221 g/mol. The number of hydrogen-bond donors (Lipinski definition) is 0. The minimum atomic E-state index is -0.633. The minimum absolute atomic E-state index is 0.319. The lowest BCUT2D eigenvalue weighted by molar-refractivity contribution is 0.485. The Hall–Kier alpha value is -1.84. The van der Waals surface area contributed by atoms with Crippen LogP contribution in [0.2, 0.25) is 0 Å². The van der Waals surface area contributed by atoms with E-state index in [0.29, 0.717) is 11.0 Å². The summed E-state index contributed by atoms with van der Waals surface area (Å²) in [4.78, 5) is 22.7. The molecule has 0 N–H and O–H groups in total. The Labute approximate surface area is 93.1 Å². The van der Waals surface area contributed by atoms with Gasteiger partial charge in [0.1, 0.15) is 5.58 Å². The quantitative estimate of drug-likeness (QED) is 0.682. The maximum atomic E-state index is 11.6. The van der Waals surface area contributed by atoms with Gasteiger partial charge in [0.25, 0.3) is 5.56 Å². The highest BCUT2D eigenvalue weighted by Gasteiger charge is 2.05. The lowest BCUT2D eigenvalue weighted by Gasteiger charge is -1.99. The second kappa shape index (κ2) is 4.79. The van der Waals surface area contributed by atoms with E-state index in [-0.39, 0.29) is 5.56 Å². The summed E-state index contributed by atoms with van der Waals surface area (Å²) in [6.45, 7) is 5.88. The molecule has 0 fully saturated rings. The number of rotatable bonds is 0. The Morgan fingerprint density at radius 3 is 2.44 bits per heavy atom. The van der Waals surface area contributed by atoms with E-state index < -0.39 is 5.76 Å². The van der Waals surface area contributed by atoms with Gasteiger partial charge in [0, 0.05) is 7.05 Å². The first-order valence-corrected chi connectivity index (χ1v) is 5.20. The van der Waals surface area contributed by atoms with Gasteiger partial charge in [-0.1, -0.05) is 25.5 Å². The number of aryl methyl sites for hydroxylation is 1. The topological polar surface area (TPSA) is 52.2 Å². The standard InChI is InChI=1S/C10H9NO3.C2H6/c1-6-3-4-8-7(5-6)9(12)11(2)10(13)14-8;1-2/h3-5H,1-2H3;1-2H3. The summed E-state index contributed by atoms with van der Waals surface area (Å²) >= 11 is 0. The van der Waals surface area contributed by atoms with Crippen molar-refractivity contribution in [2.75, 3.05) is 0 Å². The van der Waals surface area contributed by atoms with Crippen LogP contribution in [0.1, 0.15) is 19.4 Å². The third-order valence-electron chi connectivity index (χ3n) is 2.14. The molecule has 2 aromatic rings. The van der Waals surface area contributed by atoms with Crippen molar-refractivity contribution in [1.29, 1.82) is 0 Å². The van der Waals surface area contributed by atoms with Crippen molar-refractivity contribution in [1.82, 2.24) is 4.57 Å². The van der Waals surface area contributed by atoms with Crippen molar-refractivity contribution in [2.24, 2.45) is 7.05 Å². The SMILES string of the molecule is CC.Cc1ccc2oc(=O)n(C)c(=O)c2c1. The van der Waals surface area contributed by atoms with Gasteiger partial charge < -0.3 is 4.42 Å². The molecule has 0 unspecified atom stereocenters. The Bertz CT molecular complexity index is 608. The molecular formula is C12H15NO3. The average Bonchev–Trinajstić information content (AvgIpc) is 2.30. The van der Waals surface area contributed by atoms with Gasteiger partial charge in [-0.05, 0) is 19.1 Å². The Kier molecular flexibility index (Phi) is 3.66. The van der Waals surface area contributed by atoms with E-state index >= 15 is 0 Å². The predicted octanol–water partition coefficient (Wildman–Crippen LogP) is 1.83. The smallest absolute Gasteiger partial charge is 0.409 e. The molecule has 86 valence electrons. The number of benzene rings is 1. The molecule has 1 aromatic carbocycles. The highest BCUT2D eigenvalue weighted by molar-refractivity contribution is 5.75. The fourth-order valence-electron chi connectivity index (χ4n) is 1.33. The third-order valence-corrected chi connectivity index (χ3v) is 2.14. The number of aromatic nitrogens is 1. The molecule has 4 heteroatoms. The zero-order valence-corrected chi connectivity index (χ0v) is 9.90. The van der Waals surface area contributed by atoms with Gasteiger partial charge in [-0.3, -0.25) is 4.79 Å². The van der Waals surface area contributed by atoms with E-state index in [1.54, 1.807) is 18.2 Å². The van der Waals surface area contributed by atoms with Crippen LogP contribution in [0.25, 0.3) is 11.0 Å². The molecule has 4 nitrogen and oxygen atoms in total. The Balaban J connectivity index is 0.000000606. The highest BCUT2D eigenvalue weighted by atomic mass is 16.4. The molecule has 0 bridgehead atoms. The summed E-state index contributed by atoms with van der Waals surface area (Å²) in [5.41, 5.74) is 0.979. The summed E-state index contributed by atoms with van der Waals surface area (Å²) in [7, 11) is 1.40. The number of nitrogens with zero attached hydrogens (tertiary/aromatic N) is 1. The predicted molar refractivity (Wildman–Crippen MR) is 63.8 cm³/mol. The van der Waals surface area contributed by atoms with Gasteiger partial charge in [0.15, 0.2) is 0 Å². The molecule has 0 amide bonds. The summed E-state index contributed by atoms with van der Waals surface area (Å²) in [5, 5.41) is 0.437. The molecular weight excluding hydrogens is 206 g/mol. The molecule has 0 atom stereocenters. The van der Waals surface area contributed by atoms with Crippen LogP contribution in [-0.4, -0.2) is 4.57 Å². The molecule has 1 heterocycles. The van der Waals surface area contributed by atoms with Crippen LogP contribution in [0.4, 0.5) is 0 Å². The Morgan fingerprint density at radius 2 is 1.81 bits per heavy atom. The van der Waals surface area contributed by atoms with Crippen LogP contribution in [-0.2, 0) is 7.05 Å². The first-order valence-electron chi connectivity index (χ1n) is 5.20. The maximum absolute atomic E-state index is 11.6. The van der Waals surface area contributed by atoms with Crippen molar-refractivity contribution < 1.29 is 4.42 Å². The molecule has 1 aromatic heterocycles. The summed E-state index contributed by atoms with van der Waals surface area (Å²) in [5.74, 6) is -0.633. The van der Waals surface area contributed by atoms with Gasteiger partial charge in [0.05, 0.1) is 5.39 Å².